The summed E-state index contributed by atoms with van der Waals surface area (Å²) in [6, 6.07) is 4.03. The summed E-state index contributed by atoms with van der Waals surface area (Å²) in [6.45, 7) is 3.00. The molecule has 0 aromatic heterocycles. The van der Waals surface area contributed by atoms with Crippen LogP contribution in [0.3, 0.4) is 0 Å². The molecule has 0 heterocycles. The number of carboxylic acids is 1. The van der Waals surface area contributed by atoms with Gasteiger partial charge in [-0.2, -0.15) is 0 Å². The zero-order valence-corrected chi connectivity index (χ0v) is 10.8. The van der Waals surface area contributed by atoms with Crippen LogP contribution < -0.4 is 4.90 Å². The lowest BCUT2D eigenvalue weighted by Gasteiger charge is -2.23. The Bertz CT molecular complexity index is 443. The normalized spacial score (nSPS) is 10.2. The monoisotopic (exact) mass is 268 g/mol. The first kappa shape index (κ1) is 14.9. The summed E-state index contributed by atoms with van der Waals surface area (Å²) in [6.07, 6.45) is 0. The summed E-state index contributed by atoms with van der Waals surface area (Å²) in [4.78, 5) is 23.3. The minimum absolute atomic E-state index is 0.0767. The van der Waals surface area contributed by atoms with E-state index in [-0.39, 0.29) is 16.9 Å². The van der Waals surface area contributed by atoms with Gasteiger partial charge in [-0.3, -0.25) is 10.1 Å². The first-order chi connectivity index (χ1) is 9.02. The van der Waals surface area contributed by atoms with Gasteiger partial charge >= 0.3 is 5.97 Å². The number of hydrogen-bond acceptors (Lipinski definition) is 5. The SMILES string of the molecule is CCN(CCOC)c1c(C(=O)O)cccc1[N+](=O)[O-]. The molecule has 0 spiro atoms. The van der Waals surface area contributed by atoms with Gasteiger partial charge in [0.05, 0.1) is 17.1 Å². The molecule has 1 aromatic carbocycles. The highest BCUT2D eigenvalue weighted by Crippen LogP contribution is 2.31. The topological polar surface area (TPSA) is 92.9 Å². The maximum atomic E-state index is 11.2. The number of aromatic carboxylic acids is 1. The molecule has 0 aliphatic rings. The van der Waals surface area contributed by atoms with Gasteiger partial charge in [-0.05, 0) is 13.0 Å². The second-order valence-corrected chi connectivity index (χ2v) is 3.81. The lowest BCUT2D eigenvalue weighted by molar-refractivity contribution is -0.384. The number of carbonyl (C=O) groups is 1. The van der Waals surface area contributed by atoms with E-state index in [1.807, 2.05) is 0 Å². The van der Waals surface area contributed by atoms with Crippen LogP contribution >= 0.6 is 0 Å². The lowest BCUT2D eigenvalue weighted by Crippen LogP contribution is -2.29. The smallest absolute Gasteiger partial charge is 0.338 e. The summed E-state index contributed by atoms with van der Waals surface area (Å²) in [5.41, 5.74) is -0.162. The first-order valence-corrected chi connectivity index (χ1v) is 5.77. The predicted molar refractivity (Wildman–Crippen MR) is 69.8 cm³/mol. The number of nitrogens with zero attached hydrogens (tertiary/aromatic N) is 2. The molecule has 0 fully saturated rings. The van der Waals surface area contributed by atoms with Crippen molar-refractivity contribution in [3.63, 3.8) is 0 Å². The summed E-state index contributed by atoms with van der Waals surface area (Å²) in [7, 11) is 1.52. The molecular formula is C12H16N2O5. The number of para-hydroxylation sites is 1. The second-order valence-electron chi connectivity index (χ2n) is 3.81. The summed E-state index contributed by atoms with van der Waals surface area (Å²) in [5, 5.41) is 20.2. The Morgan fingerprint density at radius 2 is 2.21 bits per heavy atom. The fraction of sp³-hybridized carbons (Fsp3) is 0.417. The molecule has 0 aliphatic carbocycles. The molecule has 0 unspecified atom stereocenters. The average Bonchev–Trinajstić information content (AvgIpc) is 2.39. The number of carboxylic acid groups (broad SMARTS) is 1. The van der Waals surface area contributed by atoms with Crippen molar-refractivity contribution in [3.8, 4) is 0 Å². The van der Waals surface area contributed by atoms with E-state index in [2.05, 4.69) is 0 Å². The van der Waals surface area contributed by atoms with Crippen molar-refractivity contribution in [2.75, 3.05) is 31.7 Å². The molecule has 0 saturated heterocycles. The van der Waals surface area contributed by atoms with Crippen molar-refractivity contribution >= 4 is 17.3 Å². The van der Waals surface area contributed by atoms with E-state index in [1.54, 1.807) is 11.8 Å². The van der Waals surface area contributed by atoms with Gasteiger partial charge in [0, 0.05) is 26.3 Å². The lowest BCUT2D eigenvalue weighted by atomic mass is 10.1. The maximum absolute atomic E-state index is 11.2. The van der Waals surface area contributed by atoms with Gasteiger partial charge in [-0.25, -0.2) is 4.79 Å². The Labute approximate surface area is 110 Å². The van der Waals surface area contributed by atoms with Crippen molar-refractivity contribution in [2.45, 2.75) is 6.92 Å². The fourth-order valence-electron chi connectivity index (χ4n) is 1.81. The summed E-state index contributed by atoms with van der Waals surface area (Å²) in [5.74, 6) is -1.19. The van der Waals surface area contributed by atoms with Crippen LogP contribution in [0.1, 0.15) is 17.3 Å². The van der Waals surface area contributed by atoms with Crippen LogP contribution in [0.25, 0.3) is 0 Å². The molecule has 0 atom stereocenters. The zero-order chi connectivity index (χ0) is 14.4. The third-order valence-corrected chi connectivity index (χ3v) is 2.71. The Hall–Kier alpha value is -2.15. The van der Waals surface area contributed by atoms with Gasteiger partial charge in [-0.15, -0.1) is 0 Å². The van der Waals surface area contributed by atoms with Gasteiger partial charge in [0.25, 0.3) is 5.69 Å². The Morgan fingerprint density at radius 3 is 2.68 bits per heavy atom. The minimum atomic E-state index is -1.19. The number of methoxy groups -OCH3 is 1. The number of nitro groups is 1. The van der Waals surface area contributed by atoms with Gasteiger partial charge in [0.15, 0.2) is 0 Å². The summed E-state index contributed by atoms with van der Waals surface area (Å²) < 4.78 is 4.94. The van der Waals surface area contributed by atoms with E-state index in [4.69, 9.17) is 9.84 Å². The average molecular weight is 268 g/mol. The molecule has 0 saturated carbocycles. The van der Waals surface area contributed by atoms with E-state index in [0.717, 1.165) is 0 Å². The molecule has 7 heteroatoms. The van der Waals surface area contributed by atoms with Crippen molar-refractivity contribution in [3.05, 3.63) is 33.9 Å². The Morgan fingerprint density at radius 1 is 1.53 bits per heavy atom. The van der Waals surface area contributed by atoms with Crippen LogP contribution in [-0.2, 0) is 4.74 Å². The van der Waals surface area contributed by atoms with Crippen LogP contribution in [-0.4, -0.2) is 42.8 Å². The third kappa shape index (κ3) is 3.41. The van der Waals surface area contributed by atoms with Crippen LogP contribution in [0.4, 0.5) is 11.4 Å². The highest BCUT2D eigenvalue weighted by Gasteiger charge is 2.25. The molecule has 19 heavy (non-hydrogen) atoms. The van der Waals surface area contributed by atoms with E-state index >= 15 is 0 Å². The van der Waals surface area contributed by atoms with Crippen LogP contribution in [0.5, 0.6) is 0 Å². The van der Waals surface area contributed by atoms with Crippen molar-refractivity contribution in [2.24, 2.45) is 0 Å². The zero-order valence-electron chi connectivity index (χ0n) is 10.8. The van der Waals surface area contributed by atoms with Gasteiger partial charge in [0.1, 0.15) is 5.69 Å². The minimum Gasteiger partial charge on any atom is -0.478 e. The van der Waals surface area contributed by atoms with Crippen LogP contribution in [0.15, 0.2) is 18.2 Å². The third-order valence-electron chi connectivity index (χ3n) is 2.71. The molecule has 0 bridgehead atoms. The molecule has 1 aromatic rings. The van der Waals surface area contributed by atoms with E-state index in [9.17, 15) is 14.9 Å². The molecule has 7 nitrogen and oxygen atoms in total. The quantitative estimate of drug-likeness (QED) is 0.598. The number of anilines is 1. The van der Waals surface area contributed by atoms with Crippen LogP contribution in [0, 0.1) is 10.1 Å². The molecule has 0 radical (unpaired) electrons. The number of benzene rings is 1. The van der Waals surface area contributed by atoms with E-state index in [0.29, 0.717) is 19.7 Å². The molecule has 104 valence electrons. The number of rotatable bonds is 7. The van der Waals surface area contributed by atoms with Gasteiger partial charge in [0.2, 0.25) is 0 Å². The maximum Gasteiger partial charge on any atom is 0.338 e. The van der Waals surface area contributed by atoms with Crippen molar-refractivity contribution < 1.29 is 19.6 Å². The predicted octanol–water partition coefficient (Wildman–Crippen LogP) is 1.77. The summed E-state index contributed by atoms with van der Waals surface area (Å²) >= 11 is 0. The molecule has 0 amide bonds. The first-order valence-electron chi connectivity index (χ1n) is 5.77. The molecule has 1 rings (SSSR count). The van der Waals surface area contributed by atoms with E-state index in [1.165, 1.54) is 25.3 Å². The second kappa shape index (κ2) is 6.69. The molecule has 0 aliphatic heterocycles. The molecular weight excluding hydrogens is 252 g/mol. The fourth-order valence-corrected chi connectivity index (χ4v) is 1.81. The van der Waals surface area contributed by atoms with Crippen LogP contribution in [0.2, 0.25) is 0 Å². The number of ether oxygens (including phenoxy) is 1. The van der Waals surface area contributed by atoms with Gasteiger partial charge < -0.3 is 14.7 Å². The number of nitro benzene ring substituents is 1. The van der Waals surface area contributed by atoms with Crippen molar-refractivity contribution in [1.82, 2.24) is 0 Å². The number of likely N-dealkylation sites (N-methyl/N-ethyl adjacent to an activating group) is 1. The standard InChI is InChI=1S/C12H16N2O5/c1-3-13(7-8-19-2)11-9(12(15)16)5-4-6-10(11)14(17)18/h4-6H,3,7-8H2,1-2H3,(H,15,16). The largest absolute Gasteiger partial charge is 0.478 e. The van der Waals surface area contributed by atoms with Crippen molar-refractivity contribution in [1.29, 1.82) is 0 Å². The Balaban J connectivity index is 3.33. The highest BCUT2D eigenvalue weighted by molar-refractivity contribution is 5.97. The number of hydrogen-bond donors (Lipinski definition) is 1. The van der Waals surface area contributed by atoms with E-state index < -0.39 is 10.9 Å². The molecule has 1 N–H and O–H groups in total. The Kier molecular flexibility index (Phi) is 5.25. The highest BCUT2D eigenvalue weighted by atomic mass is 16.6. The van der Waals surface area contributed by atoms with Gasteiger partial charge in [-0.1, -0.05) is 6.07 Å².